The summed E-state index contributed by atoms with van der Waals surface area (Å²) < 4.78 is 17.0. The molecule has 3 amide bonds. The number of nitrogens with zero attached hydrogens (tertiary/aromatic N) is 4. The molecule has 2 aliphatic heterocycles. The van der Waals surface area contributed by atoms with Gasteiger partial charge in [-0.25, -0.2) is 9.18 Å². The van der Waals surface area contributed by atoms with Crippen LogP contribution in [-0.4, -0.2) is 75.2 Å². The van der Waals surface area contributed by atoms with Crippen LogP contribution in [-0.2, 0) is 9.59 Å². The molecule has 1 aliphatic carbocycles. The molecular formula is C30H27FN4O6S. The van der Waals surface area contributed by atoms with Gasteiger partial charge in [-0.2, -0.15) is 0 Å². The predicted molar refractivity (Wildman–Crippen MR) is 156 cm³/mol. The Bertz CT molecular complexity index is 1760. The maximum atomic E-state index is 15.3. The van der Waals surface area contributed by atoms with E-state index in [0.717, 1.165) is 46.7 Å². The van der Waals surface area contributed by atoms with E-state index in [4.69, 9.17) is 0 Å². The lowest BCUT2D eigenvalue weighted by Crippen LogP contribution is -2.52. The van der Waals surface area contributed by atoms with Crippen molar-refractivity contribution < 1.29 is 28.7 Å². The number of rotatable bonds is 6. The van der Waals surface area contributed by atoms with Crippen molar-refractivity contribution in [2.45, 2.75) is 25.8 Å². The molecule has 0 spiro atoms. The van der Waals surface area contributed by atoms with Crippen molar-refractivity contribution in [1.82, 2.24) is 14.4 Å². The number of carboxylic acid groups (broad SMARTS) is 1. The molecule has 0 atom stereocenters. The lowest BCUT2D eigenvalue weighted by Gasteiger charge is -2.36. The number of halogens is 1. The molecule has 2 saturated heterocycles. The third-order valence-corrected chi connectivity index (χ3v) is 8.79. The zero-order chi connectivity index (χ0) is 29.7. The molecule has 3 aliphatic rings. The normalized spacial score (nSPS) is 18.4. The van der Waals surface area contributed by atoms with Gasteiger partial charge in [0.05, 0.1) is 16.1 Å². The highest BCUT2D eigenvalue weighted by atomic mass is 32.2. The van der Waals surface area contributed by atoms with E-state index in [9.17, 15) is 29.1 Å². The first-order valence-electron chi connectivity index (χ1n) is 13.6. The lowest BCUT2D eigenvalue weighted by molar-refractivity contribution is -0.136. The van der Waals surface area contributed by atoms with Crippen molar-refractivity contribution in [3.8, 4) is 0 Å². The second-order valence-corrected chi connectivity index (χ2v) is 11.6. The lowest BCUT2D eigenvalue weighted by atomic mass is 10.1. The number of aromatic carboxylic acids is 1. The number of carboxylic acids is 1. The van der Waals surface area contributed by atoms with Gasteiger partial charge in [0.15, 0.2) is 0 Å². The van der Waals surface area contributed by atoms with Crippen LogP contribution >= 0.6 is 11.8 Å². The van der Waals surface area contributed by atoms with E-state index in [1.807, 2.05) is 31.2 Å². The van der Waals surface area contributed by atoms with Gasteiger partial charge in [-0.3, -0.25) is 24.1 Å². The summed E-state index contributed by atoms with van der Waals surface area (Å²) in [5, 5.41) is 8.98. The molecule has 216 valence electrons. The van der Waals surface area contributed by atoms with Crippen LogP contribution in [0.25, 0.3) is 17.0 Å². The Labute approximate surface area is 244 Å². The Morgan fingerprint density at radius 2 is 1.79 bits per heavy atom. The van der Waals surface area contributed by atoms with Crippen LogP contribution in [0, 0.1) is 12.7 Å². The minimum absolute atomic E-state index is 0.0190. The first-order valence-corrected chi connectivity index (χ1v) is 14.4. The van der Waals surface area contributed by atoms with E-state index in [-0.39, 0.29) is 53.1 Å². The van der Waals surface area contributed by atoms with Gasteiger partial charge in [0, 0.05) is 43.8 Å². The topological polar surface area (TPSA) is 120 Å². The molecule has 6 rings (SSSR count). The molecule has 0 unspecified atom stereocenters. The van der Waals surface area contributed by atoms with Crippen molar-refractivity contribution >= 4 is 57.5 Å². The number of piperazine rings is 1. The number of thioether (sulfide) groups is 1. The smallest absolute Gasteiger partial charge is 0.341 e. The van der Waals surface area contributed by atoms with Crippen LogP contribution in [0.2, 0.25) is 0 Å². The fourth-order valence-corrected chi connectivity index (χ4v) is 6.20. The molecule has 1 N–H and O–H groups in total. The average molecular weight is 591 g/mol. The Morgan fingerprint density at radius 1 is 1.07 bits per heavy atom. The summed E-state index contributed by atoms with van der Waals surface area (Å²) >= 11 is 0.806. The number of carbonyl (C=O) groups excluding carboxylic acids is 3. The molecule has 1 saturated carbocycles. The van der Waals surface area contributed by atoms with Crippen molar-refractivity contribution in [3.05, 3.63) is 80.2 Å². The number of fused-ring (bicyclic) bond motifs is 1. The number of imide groups is 1. The Morgan fingerprint density at radius 3 is 2.45 bits per heavy atom. The molecule has 10 nitrogen and oxygen atoms in total. The molecule has 0 bridgehead atoms. The van der Waals surface area contributed by atoms with Crippen LogP contribution < -0.4 is 10.3 Å². The molecule has 0 radical (unpaired) electrons. The van der Waals surface area contributed by atoms with Crippen LogP contribution in [0.15, 0.2) is 52.3 Å². The molecule has 42 heavy (non-hydrogen) atoms. The Hall–Kier alpha value is -4.45. The molecule has 3 heterocycles. The molecule has 12 heteroatoms. The summed E-state index contributed by atoms with van der Waals surface area (Å²) in [7, 11) is 0. The number of amides is 3. The number of benzene rings is 2. The van der Waals surface area contributed by atoms with Gasteiger partial charge in [0.25, 0.3) is 11.1 Å². The Balaban J connectivity index is 1.15. The number of aryl methyl sites for hydroxylation is 1. The van der Waals surface area contributed by atoms with Crippen LogP contribution in [0.4, 0.5) is 14.9 Å². The number of anilines is 1. The number of hydrogen-bond acceptors (Lipinski definition) is 7. The highest BCUT2D eigenvalue weighted by Crippen LogP contribution is 2.38. The zero-order valence-electron chi connectivity index (χ0n) is 22.7. The summed E-state index contributed by atoms with van der Waals surface area (Å²) in [4.78, 5) is 67.5. The van der Waals surface area contributed by atoms with E-state index in [2.05, 4.69) is 0 Å². The average Bonchev–Trinajstić information content (AvgIpc) is 3.78. The second-order valence-electron chi connectivity index (χ2n) is 10.6. The maximum Gasteiger partial charge on any atom is 0.341 e. The van der Waals surface area contributed by atoms with E-state index in [1.165, 1.54) is 6.20 Å². The van der Waals surface area contributed by atoms with Crippen LogP contribution in [0.1, 0.15) is 40.4 Å². The SMILES string of the molecule is Cc1ccccc1/C=C1/SC(=O)N(CC(=O)N2CCN(c3cc4c(cc3F)c(=O)c(C(=O)O)cn4C3CC3)CC2)C1=O. The van der Waals surface area contributed by atoms with Crippen molar-refractivity contribution in [3.63, 3.8) is 0 Å². The first kappa shape index (κ1) is 27.7. The molecular weight excluding hydrogens is 563 g/mol. The van der Waals surface area contributed by atoms with Gasteiger partial charge in [0.2, 0.25) is 11.3 Å². The van der Waals surface area contributed by atoms with Gasteiger partial charge in [-0.05, 0) is 60.9 Å². The molecule has 3 aromatic rings. The third-order valence-electron chi connectivity index (χ3n) is 7.89. The third kappa shape index (κ3) is 5.06. The number of aromatic nitrogens is 1. The summed E-state index contributed by atoms with van der Waals surface area (Å²) in [5.41, 5.74) is 1.40. The van der Waals surface area contributed by atoms with Crippen LogP contribution in [0.3, 0.4) is 0 Å². The number of pyridine rings is 1. The second kappa shape index (κ2) is 10.8. The highest BCUT2D eigenvalue weighted by molar-refractivity contribution is 8.18. The van der Waals surface area contributed by atoms with E-state index >= 15 is 4.39 Å². The number of hydrogen-bond donors (Lipinski definition) is 1. The maximum absolute atomic E-state index is 15.3. The zero-order valence-corrected chi connectivity index (χ0v) is 23.5. The largest absolute Gasteiger partial charge is 0.477 e. The van der Waals surface area contributed by atoms with Gasteiger partial charge >= 0.3 is 5.97 Å². The summed E-state index contributed by atoms with van der Waals surface area (Å²) in [6, 6.07) is 10.2. The van der Waals surface area contributed by atoms with Crippen LogP contribution in [0.5, 0.6) is 0 Å². The Kier molecular flexibility index (Phi) is 7.09. The van der Waals surface area contributed by atoms with E-state index in [1.54, 1.807) is 26.5 Å². The quantitative estimate of drug-likeness (QED) is 0.430. The van der Waals surface area contributed by atoms with Gasteiger partial charge in [-0.15, -0.1) is 0 Å². The van der Waals surface area contributed by atoms with Crippen molar-refractivity contribution in [2.75, 3.05) is 37.6 Å². The highest BCUT2D eigenvalue weighted by Gasteiger charge is 2.38. The monoisotopic (exact) mass is 590 g/mol. The van der Waals surface area contributed by atoms with Gasteiger partial charge < -0.3 is 19.5 Å². The predicted octanol–water partition coefficient (Wildman–Crippen LogP) is 3.87. The van der Waals surface area contributed by atoms with E-state index in [0.29, 0.717) is 18.6 Å². The van der Waals surface area contributed by atoms with Gasteiger partial charge in [-0.1, -0.05) is 24.3 Å². The minimum atomic E-state index is -1.35. The van der Waals surface area contributed by atoms with Gasteiger partial charge in [0.1, 0.15) is 17.9 Å². The molecule has 3 fully saturated rings. The van der Waals surface area contributed by atoms with E-state index < -0.39 is 28.4 Å². The first-order chi connectivity index (χ1) is 20.1. The fourth-order valence-electron chi connectivity index (χ4n) is 5.37. The fraction of sp³-hybridized carbons (Fsp3) is 0.300. The summed E-state index contributed by atoms with van der Waals surface area (Å²) in [6.45, 7) is 2.62. The summed E-state index contributed by atoms with van der Waals surface area (Å²) in [6.07, 6.45) is 4.68. The summed E-state index contributed by atoms with van der Waals surface area (Å²) in [5.74, 6) is -2.89. The number of carbonyl (C=O) groups is 4. The minimum Gasteiger partial charge on any atom is -0.477 e. The van der Waals surface area contributed by atoms with Crippen molar-refractivity contribution in [2.24, 2.45) is 0 Å². The van der Waals surface area contributed by atoms with Crippen molar-refractivity contribution in [1.29, 1.82) is 0 Å². The standard InChI is InChI=1S/C30H27FN4O6S/c1-17-4-2-3-5-18(17)12-25-28(38)35(30(41)42-25)16-26(36)33-10-8-32(9-11-33)24-14-23-20(13-22(24)31)27(37)21(29(39)40)15-34(23)19-6-7-19/h2-5,12-15,19H,6-11,16H2,1H3,(H,39,40)/b25-12+. The molecule has 2 aromatic carbocycles. The molecule has 1 aromatic heterocycles.